The van der Waals surface area contributed by atoms with Gasteiger partial charge in [-0.15, -0.1) is 5.06 Å². The van der Waals surface area contributed by atoms with Crippen LogP contribution in [0, 0.1) is 0 Å². The molecule has 1 aliphatic carbocycles. The SMILES string of the molecule is CC(=O)NC(C)C(=O)Nc1ccc2c(c1)C(COC(=O)ON1COCCCC1=O)c1ccccc1-2.[HH].[HH]. The lowest BCUT2D eigenvalue weighted by Crippen LogP contribution is -2.40. The number of benzene rings is 2. The topological polar surface area (TPSA) is 123 Å². The molecule has 1 saturated heterocycles. The van der Waals surface area contributed by atoms with Crippen molar-refractivity contribution in [2.24, 2.45) is 0 Å². The number of nitrogens with zero attached hydrogens (tertiary/aromatic N) is 1. The van der Waals surface area contributed by atoms with Crippen LogP contribution in [0.4, 0.5) is 10.5 Å². The third kappa shape index (κ3) is 5.60. The average molecular weight is 486 g/mol. The van der Waals surface area contributed by atoms with E-state index in [-0.39, 0.29) is 46.3 Å². The van der Waals surface area contributed by atoms with Crippen LogP contribution in [-0.2, 0) is 28.7 Å². The highest BCUT2D eigenvalue weighted by molar-refractivity contribution is 5.97. The summed E-state index contributed by atoms with van der Waals surface area (Å²) in [5, 5.41) is 6.23. The number of carbonyl (C=O) groups excluding carboxylic acids is 4. The van der Waals surface area contributed by atoms with Gasteiger partial charge in [-0.2, -0.15) is 0 Å². The first-order chi connectivity index (χ1) is 16.8. The zero-order chi connectivity index (χ0) is 24.9. The zero-order valence-corrected chi connectivity index (χ0v) is 19.5. The molecule has 2 N–H and O–H groups in total. The summed E-state index contributed by atoms with van der Waals surface area (Å²) in [6.45, 7) is 3.21. The monoisotopic (exact) mass is 485 g/mol. The summed E-state index contributed by atoms with van der Waals surface area (Å²) in [4.78, 5) is 53.1. The van der Waals surface area contributed by atoms with Crippen LogP contribution in [0.2, 0.25) is 0 Å². The van der Waals surface area contributed by atoms with Gasteiger partial charge in [0, 0.05) is 34.4 Å². The molecule has 35 heavy (non-hydrogen) atoms. The van der Waals surface area contributed by atoms with Crippen molar-refractivity contribution >= 4 is 29.6 Å². The Morgan fingerprint density at radius 1 is 1.17 bits per heavy atom. The lowest BCUT2D eigenvalue weighted by atomic mass is 9.97. The molecule has 3 amide bonds. The summed E-state index contributed by atoms with van der Waals surface area (Å²) in [5.41, 5.74) is 4.37. The number of rotatable bonds is 6. The zero-order valence-electron chi connectivity index (χ0n) is 19.5. The molecule has 0 aromatic heterocycles. The second-order valence-corrected chi connectivity index (χ2v) is 8.42. The van der Waals surface area contributed by atoms with E-state index >= 15 is 0 Å². The van der Waals surface area contributed by atoms with Gasteiger partial charge in [0.2, 0.25) is 11.8 Å². The predicted octanol–water partition coefficient (Wildman–Crippen LogP) is 3.42. The second kappa shape index (κ2) is 10.6. The Balaban J connectivity index is 0.00000241. The Kier molecular flexibility index (Phi) is 7.31. The predicted molar refractivity (Wildman–Crippen MR) is 129 cm³/mol. The quantitative estimate of drug-likeness (QED) is 0.601. The van der Waals surface area contributed by atoms with Crippen LogP contribution < -0.4 is 10.6 Å². The van der Waals surface area contributed by atoms with Gasteiger partial charge in [-0.25, -0.2) is 4.79 Å². The Morgan fingerprint density at radius 2 is 1.94 bits per heavy atom. The molecule has 10 nitrogen and oxygen atoms in total. The molecule has 10 heteroatoms. The van der Waals surface area contributed by atoms with Gasteiger partial charge in [-0.3, -0.25) is 14.4 Å². The van der Waals surface area contributed by atoms with E-state index in [0.717, 1.165) is 27.3 Å². The summed E-state index contributed by atoms with van der Waals surface area (Å²) in [5.74, 6) is -1.29. The van der Waals surface area contributed by atoms with Crippen LogP contribution in [0.1, 0.15) is 46.6 Å². The fourth-order valence-electron chi connectivity index (χ4n) is 4.20. The molecule has 1 aliphatic heterocycles. The van der Waals surface area contributed by atoms with E-state index in [2.05, 4.69) is 10.6 Å². The van der Waals surface area contributed by atoms with E-state index in [9.17, 15) is 19.2 Å². The van der Waals surface area contributed by atoms with Crippen LogP contribution >= 0.6 is 0 Å². The van der Waals surface area contributed by atoms with Gasteiger partial charge >= 0.3 is 6.16 Å². The number of fused-ring (bicyclic) bond motifs is 3. The molecule has 2 aliphatic rings. The van der Waals surface area contributed by atoms with Crippen molar-refractivity contribution in [3.8, 4) is 11.1 Å². The Labute approximate surface area is 205 Å². The first-order valence-electron chi connectivity index (χ1n) is 11.4. The molecule has 0 bridgehead atoms. The van der Waals surface area contributed by atoms with Crippen LogP contribution in [-0.4, -0.2) is 54.9 Å². The van der Waals surface area contributed by atoms with Crippen molar-refractivity contribution in [2.45, 2.75) is 38.6 Å². The normalized spacial score (nSPS) is 17.5. The number of hydroxylamine groups is 2. The van der Waals surface area contributed by atoms with Gasteiger partial charge in [0.1, 0.15) is 12.6 Å². The summed E-state index contributed by atoms with van der Waals surface area (Å²) in [6.07, 6.45) is -0.208. The van der Waals surface area contributed by atoms with Crippen LogP contribution in [0.25, 0.3) is 11.1 Å². The van der Waals surface area contributed by atoms with E-state index in [0.29, 0.717) is 18.7 Å². The maximum absolute atomic E-state index is 12.4. The van der Waals surface area contributed by atoms with Gasteiger partial charge in [0.15, 0.2) is 6.73 Å². The van der Waals surface area contributed by atoms with Crippen LogP contribution in [0.3, 0.4) is 0 Å². The maximum atomic E-state index is 12.4. The minimum atomic E-state index is -0.997. The van der Waals surface area contributed by atoms with Gasteiger partial charge < -0.3 is 24.9 Å². The molecule has 188 valence electrons. The number of hydrogen-bond acceptors (Lipinski definition) is 7. The van der Waals surface area contributed by atoms with E-state index in [1.807, 2.05) is 36.4 Å². The fourth-order valence-corrected chi connectivity index (χ4v) is 4.20. The molecule has 2 aromatic carbocycles. The Morgan fingerprint density at radius 3 is 2.74 bits per heavy atom. The minimum absolute atomic E-state index is 0. The van der Waals surface area contributed by atoms with Crippen molar-refractivity contribution in [3.05, 3.63) is 53.6 Å². The van der Waals surface area contributed by atoms with Gasteiger partial charge in [0.25, 0.3) is 5.91 Å². The summed E-state index contributed by atoms with van der Waals surface area (Å²) in [7, 11) is 0. The highest BCUT2D eigenvalue weighted by Crippen LogP contribution is 2.45. The van der Waals surface area contributed by atoms with E-state index in [4.69, 9.17) is 14.3 Å². The molecule has 0 saturated carbocycles. The van der Waals surface area contributed by atoms with E-state index in [1.165, 1.54) is 6.92 Å². The second-order valence-electron chi connectivity index (χ2n) is 8.42. The number of amides is 3. The van der Waals surface area contributed by atoms with Crippen molar-refractivity contribution in [1.29, 1.82) is 0 Å². The van der Waals surface area contributed by atoms with E-state index in [1.54, 1.807) is 13.0 Å². The molecular formula is C25H31N3O7. The van der Waals surface area contributed by atoms with Gasteiger partial charge in [0.05, 0.1) is 0 Å². The lowest BCUT2D eigenvalue weighted by molar-refractivity contribution is -0.190. The first kappa shape index (κ1) is 24.2. The third-order valence-corrected chi connectivity index (χ3v) is 5.85. The first-order valence-corrected chi connectivity index (χ1v) is 11.4. The van der Waals surface area contributed by atoms with Gasteiger partial charge in [-0.1, -0.05) is 30.3 Å². The summed E-state index contributed by atoms with van der Waals surface area (Å²) < 4.78 is 10.6. The maximum Gasteiger partial charge on any atom is 0.533 e. The smallest absolute Gasteiger partial charge is 0.432 e. The molecule has 1 heterocycles. The van der Waals surface area contributed by atoms with Gasteiger partial charge in [-0.05, 0) is 47.7 Å². The number of anilines is 1. The van der Waals surface area contributed by atoms with Crippen molar-refractivity contribution in [2.75, 3.05) is 25.3 Å². The molecule has 2 aromatic rings. The minimum Gasteiger partial charge on any atom is -0.432 e. The third-order valence-electron chi connectivity index (χ3n) is 5.85. The molecule has 2 atom stereocenters. The fraction of sp³-hybridized carbons (Fsp3) is 0.360. The average Bonchev–Trinajstić information content (AvgIpc) is 2.99. The molecule has 0 spiro atoms. The van der Waals surface area contributed by atoms with Crippen LogP contribution in [0.15, 0.2) is 42.5 Å². The standard InChI is InChI=1S/C25H27N3O7.2H2/c1-15(26-16(2)29)24(31)27-17-9-10-20-18-6-3-4-7-19(18)22(21(20)12-17)13-34-25(32)35-28-14-33-11-5-8-23(28)30;;/h3-4,6-7,9-10,12,15,22H,5,8,11,13-14H2,1-2H3,(H,26,29)(H,27,31);2*1H. The van der Waals surface area contributed by atoms with Crippen molar-refractivity contribution in [3.63, 3.8) is 0 Å². The van der Waals surface area contributed by atoms with E-state index < -0.39 is 12.2 Å². The summed E-state index contributed by atoms with van der Waals surface area (Å²) >= 11 is 0. The Bertz CT molecular complexity index is 1160. The summed E-state index contributed by atoms with van der Waals surface area (Å²) in [6, 6.07) is 12.6. The van der Waals surface area contributed by atoms with Crippen molar-refractivity contribution < 1.29 is 36.3 Å². The lowest BCUT2D eigenvalue weighted by Gasteiger charge is -2.19. The molecule has 1 fully saturated rings. The molecule has 0 radical (unpaired) electrons. The number of hydrogen-bond donors (Lipinski definition) is 2. The highest BCUT2D eigenvalue weighted by atomic mass is 16.8. The van der Waals surface area contributed by atoms with Crippen LogP contribution in [0.5, 0.6) is 0 Å². The highest BCUT2D eigenvalue weighted by Gasteiger charge is 2.31. The molecular weight excluding hydrogens is 454 g/mol. The molecule has 4 rings (SSSR count). The largest absolute Gasteiger partial charge is 0.533 e. The van der Waals surface area contributed by atoms with Crippen molar-refractivity contribution in [1.82, 2.24) is 10.4 Å². The Hall–Kier alpha value is -3.92. The number of ether oxygens (including phenoxy) is 2. The number of carbonyl (C=O) groups is 4. The number of nitrogens with one attached hydrogen (secondary N) is 2. The molecule has 2 unspecified atom stereocenters.